The highest BCUT2D eigenvalue weighted by atomic mass is 35.5. The number of anilines is 1. The van der Waals surface area contributed by atoms with Gasteiger partial charge >= 0.3 is 6.18 Å². The fourth-order valence-corrected chi connectivity index (χ4v) is 2.82. The van der Waals surface area contributed by atoms with E-state index in [9.17, 15) is 18.0 Å². The van der Waals surface area contributed by atoms with Crippen molar-refractivity contribution in [1.82, 2.24) is 5.32 Å². The van der Waals surface area contributed by atoms with Crippen molar-refractivity contribution in [3.05, 3.63) is 64.7 Å². The lowest BCUT2D eigenvalue weighted by Crippen LogP contribution is -2.43. The summed E-state index contributed by atoms with van der Waals surface area (Å²) in [7, 11) is 0. The molecule has 2 aromatic rings. The highest BCUT2D eigenvalue weighted by molar-refractivity contribution is 6.30. The van der Waals surface area contributed by atoms with Crippen LogP contribution in [0.15, 0.2) is 48.5 Å². The molecule has 2 N–H and O–H groups in total. The number of carbonyl (C=O) groups is 1. The fourth-order valence-electron chi connectivity index (χ4n) is 2.60. The lowest BCUT2D eigenvalue weighted by atomic mass is 10.0. The molecule has 0 aliphatic carbocycles. The van der Waals surface area contributed by atoms with Gasteiger partial charge in [0.15, 0.2) is 0 Å². The van der Waals surface area contributed by atoms with Crippen molar-refractivity contribution in [2.24, 2.45) is 5.92 Å². The van der Waals surface area contributed by atoms with Gasteiger partial charge in [0, 0.05) is 17.3 Å². The molecule has 0 aliphatic heterocycles. The maximum atomic E-state index is 12.7. The molecule has 7 heteroatoms. The molecule has 0 bridgehead atoms. The quantitative estimate of drug-likeness (QED) is 0.676. The average Bonchev–Trinajstić information content (AvgIpc) is 2.59. The van der Waals surface area contributed by atoms with E-state index >= 15 is 0 Å². The Kier molecular flexibility index (Phi) is 7.13. The topological polar surface area (TPSA) is 41.1 Å². The molecule has 0 radical (unpaired) electrons. The molecule has 0 saturated carbocycles. The van der Waals surface area contributed by atoms with Gasteiger partial charge in [-0.3, -0.25) is 4.79 Å². The summed E-state index contributed by atoms with van der Waals surface area (Å²) in [4.78, 5) is 12.5. The minimum Gasteiger partial charge on any atom is -0.373 e. The van der Waals surface area contributed by atoms with Crippen LogP contribution >= 0.6 is 11.6 Å². The van der Waals surface area contributed by atoms with Crippen molar-refractivity contribution in [1.29, 1.82) is 0 Å². The Hall–Kier alpha value is -2.21. The number of nitrogens with one attached hydrogen (secondary N) is 2. The van der Waals surface area contributed by atoms with Gasteiger partial charge < -0.3 is 10.6 Å². The van der Waals surface area contributed by atoms with Crippen LogP contribution in [0.3, 0.4) is 0 Å². The molecule has 0 aliphatic rings. The summed E-state index contributed by atoms with van der Waals surface area (Å²) in [5.74, 6) is -0.245. The third-order valence-electron chi connectivity index (χ3n) is 4.09. The molecule has 0 spiro atoms. The molecule has 1 amide bonds. The summed E-state index contributed by atoms with van der Waals surface area (Å²) < 4.78 is 38.0. The minimum absolute atomic E-state index is 0.0431. The highest BCUT2D eigenvalue weighted by Crippen LogP contribution is 2.30. The number of alkyl halides is 3. The molecule has 0 unspecified atom stereocenters. The Labute approximate surface area is 161 Å². The summed E-state index contributed by atoms with van der Waals surface area (Å²) in [5.41, 5.74) is 0.756. The predicted octanol–water partition coefficient (Wildman–Crippen LogP) is 5.15. The van der Waals surface area contributed by atoms with E-state index in [1.54, 1.807) is 6.07 Å². The number of carbonyl (C=O) groups excluding carboxylic acids is 1. The Morgan fingerprint density at radius 3 is 2.33 bits per heavy atom. The fraction of sp³-hybridized carbons (Fsp3) is 0.350. The predicted molar refractivity (Wildman–Crippen MR) is 102 cm³/mol. The van der Waals surface area contributed by atoms with Crippen LogP contribution in [0.4, 0.5) is 18.9 Å². The van der Waals surface area contributed by atoms with Crippen LogP contribution in [-0.2, 0) is 17.4 Å². The first-order chi connectivity index (χ1) is 12.7. The zero-order chi connectivity index (χ0) is 20.0. The van der Waals surface area contributed by atoms with E-state index < -0.39 is 17.8 Å². The van der Waals surface area contributed by atoms with Gasteiger partial charge in [0.25, 0.3) is 0 Å². The maximum absolute atomic E-state index is 12.7. The number of benzene rings is 2. The average molecular weight is 399 g/mol. The lowest BCUT2D eigenvalue weighted by molar-refractivity contribution is -0.137. The standard InChI is InChI=1S/C20H22ClF3N2O/c1-13(2)18(26-17-8-6-15(7-9-17)20(22,23)24)19(27)25-11-10-14-4-3-5-16(21)12-14/h3-9,12-13,18,26H,10-11H2,1-2H3,(H,25,27)/t18-/m1/s1. The molecular formula is C20H22ClF3N2O. The number of halogens is 4. The second-order valence-corrected chi connectivity index (χ2v) is 7.05. The molecule has 2 rings (SSSR count). The van der Waals surface area contributed by atoms with E-state index in [1.807, 2.05) is 32.0 Å². The van der Waals surface area contributed by atoms with Crippen LogP contribution in [-0.4, -0.2) is 18.5 Å². The normalized spacial score (nSPS) is 12.7. The number of hydrogen-bond acceptors (Lipinski definition) is 2. The van der Waals surface area contributed by atoms with Crippen LogP contribution in [0.1, 0.15) is 25.0 Å². The zero-order valence-corrected chi connectivity index (χ0v) is 15.9. The van der Waals surface area contributed by atoms with Crippen molar-refractivity contribution in [3.8, 4) is 0 Å². The van der Waals surface area contributed by atoms with Gasteiger partial charge in [-0.25, -0.2) is 0 Å². The molecular weight excluding hydrogens is 377 g/mol. The molecule has 0 saturated heterocycles. The van der Waals surface area contributed by atoms with E-state index in [0.29, 0.717) is 23.7 Å². The maximum Gasteiger partial charge on any atom is 0.416 e. The van der Waals surface area contributed by atoms with Gasteiger partial charge in [-0.2, -0.15) is 13.2 Å². The molecule has 27 heavy (non-hydrogen) atoms. The van der Waals surface area contributed by atoms with Gasteiger partial charge in [-0.1, -0.05) is 37.6 Å². The summed E-state index contributed by atoms with van der Waals surface area (Å²) in [6.45, 7) is 4.19. The van der Waals surface area contributed by atoms with Crippen LogP contribution in [0.2, 0.25) is 5.02 Å². The Bertz CT molecular complexity index is 761. The van der Waals surface area contributed by atoms with Crippen molar-refractivity contribution in [2.45, 2.75) is 32.5 Å². The van der Waals surface area contributed by atoms with Crippen molar-refractivity contribution in [2.75, 3.05) is 11.9 Å². The molecule has 1 atom stereocenters. The third kappa shape index (κ3) is 6.47. The first kappa shape index (κ1) is 21.1. The second kappa shape index (κ2) is 9.13. The van der Waals surface area contributed by atoms with Gasteiger partial charge in [0.05, 0.1) is 5.56 Å². The van der Waals surface area contributed by atoms with Crippen LogP contribution < -0.4 is 10.6 Å². The van der Waals surface area contributed by atoms with Crippen molar-refractivity contribution < 1.29 is 18.0 Å². The molecule has 146 valence electrons. The molecule has 3 nitrogen and oxygen atoms in total. The van der Waals surface area contributed by atoms with Gasteiger partial charge in [0.1, 0.15) is 6.04 Å². The molecule has 0 fully saturated rings. The number of rotatable bonds is 7. The lowest BCUT2D eigenvalue weighted by Gasteiger charge is -2.23. The zero-order valence-electron chi connectivity index (χ0n) is 15.1. The van der Waals surface area contributed by atoms with Crippen molar-refractivity contribution in [3.63, 3.8) is 0 Å². The van der Waals surface area contributed by atoms with Crippen LogP contribution in [0, 0.1) is 5.92 Å². The van der Waals surface area contributed by atoms with Gasteiger partial charge in [-0.05, 0) is 54.3 Å². The first-order valence-corrected chi connectivity index (χ1v) is 9.00. The van der Waals surface area contributed by atoms with Crippen LogP contribution in [0.25, 0.3) is 0 Å². The SMILES string of the molecule is CC(C)[C@@H](Nc1ccc(C(F)(F)F)cc1)C(=O)NCCc1cccc(Cl)c1. The smallest absolute Gasteiger partial charge is 0.373 e. The minimum atomic E-state index is -4.38. The Balaban J connectivity index is 1.94. The second-order valence-electron chi connectivity index (χ2n) is 6.61. The summed E-state index contributed by atoms with van der Waals surface area (Å²) in [5, 5.41) is 6.52. The molecule has 0 aromatic heterocycles. The first-order valence-electron chi connectivity index (χ1n) is 8.63. The molecule has 0 heterocycles. The summed E-state index contributed by atoms with van der Waals surface area (Å²) in [6.07, 6.45) is -3.74. The monoisotopic (exact) mass is 398 g/mol. The summed E-state index contributed by atoms with van der Waals surface area (Å²) in [6, 6.07) is 11.5. The van der Waals surface area contributed by atoms with Gasteiger partial charge in [0.2, 0.25) is 5.91 Å². The van der Waals surface area contributed by atoms with Crippen LogP contribution in [0.5, 0.6) is 0 Å². The van der Waals surface area contributed by atoms with E-state index in [4.69, 9.17) is 11.6 Å². The Morgan fingerprint density at radius 1 is 1.11 bits per heavy atom. The van der Waals surface area contributed by atoms with E-state index in [0.717, 1.165) is 17.7 Å². The van der Waals surface area contributed by atoms with E-state index in [2.05, 4.69) is 10.6 Å². The highest BCUT2D eigenvalue weighted by Gasteiger charge is 2.30. The third-order valence-corrected chi connectivity index (χ3v) is 4.32. The van der Waals surface area contributed by atoms with Gasteiger partial charge in [-0.15, -0.1) is 0 Å². The molecule has 2 aromatic carbocycles. The van der Waals surface area contributed by atoms with Crippen molar-refractivity contribution >= 4 is 23.2 Å². The van der Waals surface area contributed by atoms with E-state index in [1.165, 1.54) is 12.1 Å². The van der Waals surface area contributed by atoms with E-state index in [-0.39, 0.29) is 11.8 Å². The Morgan fingerprint density at radius 2 is 1.78 bits per heavy atom. The summed E-state index contributed by atoms with van der Waals surface area (Å²) >= 11 is 5.94. The number of hydrogen-bond donors (Lipinski definition) is 2. The number of amides is 1. The largest absolute Gasteiger partial charge is 0.416 e.